The number of nitrogens with one attached hydrogen (secondary N) is 1. The van der Waals surface area contributed by atoms with E-state index >= 15 is 0 Å². The van der Waals surface area contributed by atoms with Gasteiger partial charge >= 0.3 is 0 Å². The third-order valence-electron chi connectivity index (χ3n) is 4.55. The molecular formula is C23H23N3O4S. The smallest absolute Gasteiger partial charge is 0.264 e. The van der Waals surface area contributed by atoms with Crippen LogP contribution >= 0.6 is 0 Å². The van der Waals surface area contributed by atoms with E-state index in [0.29, 0.717) is 11.3 Å². The van der Waals surface area contributed by atoms with Crippen LogP contribution in [0.4, 0.5) is 5.69 Å². The van der Waals surface area contributed by atoms with Crippen LogP contribution in [0.5, 0.6) is 5.75 Å². The van der Waals surface area contributed by atoms with Gasteiger partial charge in [-0.25, -0.2) is 13.8 Å². The van der Waals surface area contributed by atoms with Crippen molar-refractivity contribution in [3.8, 4) is 5.75 Å². The third kappa shape index (κ3) is 5.49. The topological polar surface area (TPSA) is 99.1 Å². The van der Waals surface area contributed by atoms with Crippen LogP contribution in [0.15, 0.2) is 82.8 Å². The number of sulfonamides is 1. The van der Waals surface area contributed by atoms with Gasteiger partial charge < -0.3 is 5.11 Å². The van der Waals surface area contributed by atoms with Crippen LogP contribution in [0.3, 0.4) is 0 Å². The predicted molar refractivity (Wildman–Crippen MR) is 121 cm³/mol. The molecule has 160 valence electrons. The molecule has 1 amide bonds. The number of para-hydroxylation sites is 1. The first kappa shape index (κ1) is 22.0. The van der Waals surface area contributed by atoms with Gasteiger partial charge in [-0.05, 0) is 50.2 Å². The van der Waals surface area contributed by atoms with Crippen LogP contribution in [0.25, 0.3) is 0 Å². The van der Waals surface area contributed by atoms with E-state index in [1.807, 2.05) is 13.8 Å². The zero-order valence-corrected chi connectivity index (χ0v) is 18.0. The minimum atomic E-state index is -3.98. The molecule has 0 unspecified atom stereocenters. The van der Waals surface area contributed by atoms with E-state index in [1.54, 1.807) is 54.6 Å². The zero-order chi connectivity index (χ0) is 22.4. The van der Waals surface area contributed by atoms with E-state index in [4.69, 9.17) is 0 Å². The molecule has 0 aliphatic rings. The summed E-state index contributed by atoms with van der Waals surface area (Å²) in [6.07, 6.45) is 1.29. The molecule has 0 spiro atoms. The molecule has 0 aliphatic heterocycles. The number of nitrogens with zero attached hydrogens (tertiary/aromatic N) is 2. The molecule has 0 atom stereocenters. The number of carbonyl (C=O) groups is 1. The van der Waals surface area contributed by atoms with Crippen molar-refractivity contribution in [2.75, 3.05) is 10.8 Å². The van der Waals surface area contributed by atoms with Gasteiger partial charge in [-0.2, -0.15) is 5.10 Å². The normalized spacial score (nSPS) is 11.4. The quantitative estimate of drug-likeness (QED) is 0.437. The van der Waals surface area contributed by atoms with Crippen LogP contribution in [-0.4, -0.2) is 32.2 Å². The van der Waals surface area contributed by atoms with Gasteiger partial charge in [-0.1, -0.05) is 47.5 Å². The monoisotopic (exact) mass is 437 g/mol. The lowest BCUT2D eigenvalue weighted by atomic mass is 10.2. The highest BCUT2D eigenvalue weighted by atomic mass is 32.2. The van der Waals surface area contributed by atoms with Crippen molar-refractivity contribution in [2.24, 2.45) is 5.10 Å². The minimum Gasteiger partial charge on any atom is -0.507 e. The maximum Gasteiger partial charge on any atom is 0.264 e. The highest BCUT2D eigenvalue weighted by molar-refractivity contribution is 7.92. The number of rotatable bonds is 7. The van der Waals surface area contributed by atoms with Gasteiger partial charge in [0.2, 0.25) is 0 Å². The first-order chi connectivity index (χ1) is 14.8. The summed E-state index contributed by atoms with van der Waals surface area (Å²) in [5.41, 5.74) is 5.00. The van der Waals surface area contributed by atoms with Crippen LogP contribution in [0, 0.1) is 13.8 Å². The lowest BCUT2D eigenvalue weighted by molar-refractivity contribution is -0.119. The highest BCUT2D eigenvalue weighted by Gasteiger charge is 2.27. The van der Waals surface area contributed by atoms with Crippen LogP contribution in [-0.2, 0) is 14.8 Å². The molecule has 0 aliphatic carbocycles. The summed E-state index contributed by atoms with van der Waals surface area (Å²) >= 11 is 0. The summed E-state index contributed by atoms with van der Waals surface area (Å²) in [5.74, 6) is -0.605. The second-order valence-electron chi connectivity index (χ2n) is 7.01. The second-order valence-corrected chi connectivity index (χ2v) is 8.87. The van der Waals surface area contributed by atoms with Gasteiger partial charge in [0.05, 0.1) is 16.8 Å². The molecule has 3 aromatic rings. The second kappa shape index (κ2) is 9.44. The van der Waals surface area contributed by atoms with Gasteiger partial charge in [0.15, 0.2) is 0 Å². The number of hydrazone groups is 1. The fourth-order valence-corrected chi connectivity index (χ4v) is 4.22. The fourth-order valence-electron chi connectivity index (χ4n) is 2.80. The molecule has 0 aromatic heterocycles. The summed E-state index contributed by atoms with van der Waals surface area (Å²) in [6.45, 7) is 3.30. The van der Waals surface area contributed by atoms with Crippen LogP contribution in [0.1, 0.15) is 16.7 Å². The van der Waals surface area contributed by atoms with Gasteiger partial charge in [-0.3, -0.25) is 9.10 Å². The summed E-state index contributed by atoms with van der Waals surface area (Å²) in [6, 6.07) is 19.8. The van der Waals surface area contributed by atoms with Crippen molar-refractivity contribution in [3.63, 3.8) is 0 Å². The number of phenols is 1. The number of benzene rings is 3. The lowest BCUT2D eigenvalue weighted by Gasteiger charge is -2.24. The molecule has 0 fully saturated rings. The summed E-state index contributed by atoms with van der Waals surface area (Å²) in [7, 11) is -3.98. The number of hydrogen-bond acceptors (Lipinski definition) is 5. The Morgan fingerprint density at radius 1 is 0.968 bits per heavy atom. The Balaban J connectivity index is 1.84. The average Bonchev–Trinajstić information content (AvgIpc) is 2.74. The number of hydrogen-bond donors (Lipinski definition) is 2. The molecule has 31 heavy (non-hydrogen) atoms. The van der Waals surface area contributed by atoms with Crippen molar-refractivity contribution in [1.29, 1.82) is 0 Å². The Bertz CT molecular complexity index is 1190. The molecule has 0 saturated carbocycles. The number of phenolic OH excluding ortho intramolecular Hbond substituents is 1. The summed E-state index contributed by atoms with van der Waals surface area (Å²) in [5, 5.41) is 13.6. The fraction of sp³-hybridized carbons (Fsp3) is 0.130. The number of anilines is 1. The molecular weight excluding hydrogens is 414 g/mol. The Labute approximate surface area is 181 Å². The van der Waals surface area contributed by atoms with Crippen LogP contribution < -0.4 is 9.73 Å². The van der Waals surface area contributed by atoms with Crippen molar-refractivity contribution < 1.29 is 18.3 Å². The van der Waals surface area contributed by atoms with Crippen molar-refractivity contribution in [3.05, 3.63) is 89.5 Å². The van der Waals surface area contributed by atoms with E-state index in [1.165, 1.54) is 24.4 Å². The Kier molecular flexibility index (Phi) is 6.71. The molecule has 0 saturated heterocycles. The number of aryl methyl sites for hydroxylation is 2. The number of amides is 1. The van der Waals surface area contributed by atoms with E-state index in [2.05, 4.69) is 10.5 Å². The van der Waals surface area contributed by atoms with Crippen molar-refractivity contribution in [1.82, 2.24) is 5.43 Å². The largest absolute Gasteiger partial charge is 0.507 e. The molecule has 3 aromatic carbocycles. The van der Waals surface area contributed by atoms with Crippen molar-refractivity contribution >= 4 is 27.8 Å². The molecule has 2 N–H and O–H groups in total. The van der Waals surface area contributed by atoms with Gasteiger partial charge in [0.1, 0.15) is 12.3 Å². The third-order valence-corrected chi connectivity index (χ3v) is 6.34. The molecule has 8 heteroatoms. The minimum absolute atomic E-state index is 0.0173. The first-order valence-corrected chi connectivity index (χ1v) is 11.0. The summed E-state index contributed by atoms with van der Waals surface area (Å²) < 4.78 is 27.6. The maximum atomic E-state index is 13.3. The Hall–Kier alpha value is -3.65. The highest BCUT2D eigenvalue weighted by Crippen LogP contribution is 2.24. The predicted octanol–water partition coefficient (Wildman–Crippen LogP) is 3.35. The molecule has 0 radical (unpaired) electrons. The van der Waals surface area contributed by atoms with E-state index < -0.39 is 22.5 Å². The molecule has 7 nitrogen and oxygen atoms in total. The maximum absolute atomic E-state index is 13.3. The number of aromatic hydroxyl groups is 1. The van der Waals surface area contributed by atoms with E-state index in [9.17, 15) is 18.3 Å². The van der Waals surface area contributed by atoms with Crippen molar-refractivity contribution in [2.45, 2.75) is 18.7 Å². The first-order valence-electron chi connectivity index (χ1n) is 9.53. The van der Waals surface area contributed by atoms with E-state index in [-0.39, 0.29) is 10.6 Å². The molecule has 0 bridgehead atoms. The van der Waals surface area contributed by atoms with E-state index in [0.717, 1.165) is 15.4 Å². The Morgan fingerprint density at radius 2 is 1.55 bits per heavy atom. The van der Waals surface area contributed by atoms with Crippen LogP contribution in [0.2, 0.25) is 0 Å². The van der Waals surface area contributed by atoms with Gasteiger partial charge in [0.25, 0.3) is 15.9 Å². The molecule has 0 heterocycles. The lowest BCUT2D eigenvalue weighted by Crippen LogP contribution is -2.39. The zero-order valence-electron chi connectivity index (χ0n) is 17.2. The average molecular weight is 438 g/mol. The summed E-state index contributed by atoms with van der Waals surface area (Å²) in [4.78, 5) is 12.6. The Morgan fingerprint density at radius 3 is 2.16 bits per heavy atom. The number of carbonyl (C=O) groups excluding carboxylic acids is 1. The van der Waals surface area contributed by atoms with Gasteiger partial charge in [0, 0.05) is 5.56 Å². The molecule has 3 rings (SSSR count). The SMILES string of the molecule is Cc1ccc(N(CC(=O)N/N=C\c2ccccc2O)S(=O)(=O)c2ccc(C)cc2)cc1. The standard InChI is InChI=1S/C23H23N3O4S/c1-17-7-11-20(12-8-17)26(31(29,30)21-13-9-18(2)10-14-21)16-23(28)25-24-15-19-5-3-4-6-22(19)27/h3-15,27H,16H2,1-2H3,(H,25,28)/b24-15-. The van der Waals surface area contributed by atoms with Gasteiger partial charge in [-0.15, -0.1) is 0 Å².